The van der Waals surface area contributed by atoms with Crippen LogP contribution in [0.5, 0.6) is 0 Å². The van der Waals surface area contributed by atoms with Gasteiger partial charge in [0.05, 0.1) is 0 Å². The number of carbonyl (C=O) groups excluding carboxylic acids is 1. The molecule has 0 spiro atoms. The average Bonchev–Trinajstić information content (AvgIpc) is 2.84. The number of nitrogens with one attached hydrogen (secondary N) is 1. The van der Waals surface area contributed by atoms with Gasteiger partial charge in [-0.15, -0.1) is 10.2 Å². The highest BCUT2D eigenvalue weighted by Crippen LogP contribution is 2.26. The van der Waals surface area contributed by atoms with Gasteiger partial charge >= 0.3 is 0 Å². The summed E-state index contributed by atoms with van der Waals surface area (Å²) in [7, 11) is 0. The summed E-state index contributed by atoms with van der Waals surface area (Å²) < 4.78 is 0.890. The smallest absolute Gasteiger partial charge is 0.257 e. The van der Waals surface area contributed by atoms with Gasteiger partial charge in [-0.2, -0.15) is 0 Å². The van der Waals surface area contributed by atoms with Gasteiger partial charge in [0.2, 0.25) is 5.13 Å². The SMILES string of the molecule is CCCSc1nnc(NC(=O)c2ccc(C)cc2)s1. The molecule has 2 aromatic rings. The second kappa shape index (κ2) is 6.68. The monoisotopic (exact) mass is 293 g/mol. The van der Waals surface area contributed by atoms with Crippen molar-refractivity contribution in [3.8, 4) is 0 Å². The Morgan fingerprint density at radius 1 is 1.32 bits per heavy atom. The second-order valence-corrected chi connectivity index (χ2v) is 6.36. The first kappa shape index (κ1) is 14.0. The molecule has 0 bridgehead atoms. The number of benzene rings is 1. The summed E-state index contributed by atoms with van der Waals surface area (Å²) in [5.74, 6) is 0.865. The lowest BCUT2D eigenvalue weighted by molar-refractivity contribution is 0.102. The maximum atomic E-state index is 12.0. The van der Waals surface area contributed by atoms with Crippen LogP contribution in [0.15, 0.2) is 28.6 Å². The molecule has 1 aromatic carbocycles. The zero-order chi connectivity index (χ0) is 13.7. The van der Waals surface area contributed by atoms with Crippen LogP contribution in [-0.4, -0.2) is 21.9 Å². The third-order valence-electron chi connectivity index (χ3n) is 2.37. The molecule has 6 heteroatoms. The van der Waals surface area contributed by atoms with E-state index in [1.165, 1.54) is 11.3 Å². The topological polar surface area (TPSA) is 54.9 Å². The van der Waals surface area contributed by atoms with Gasteiger partial charge in [-0.3, -0.25) is 10.1 Å². The summed E-state index contributed by atoms with van der Waals surface area (Å²) in [5, 5.41) is 11.3. The number of carbonyl (C=O) groups is 1. The lowest BCUT2D eigenvalue weighted by Gasteiger charge is -2.01. The lowest BCUT2D eigenvalue weighted by atomic mass is 10.1. The number of nitrogens with zero attached hydrogens (tertiary/aromatic N) is 2. The van der Waals surface area contributed by atoms with Gasteiger partial charge in [-0.1, -0.05) is 47.7 Å². The van der Waals surface area contributed by atoms with Gasteiger partial charge in [-0.25, -0.2) is 0 Å². The van der Waals surface area contributed by atoms with Gasteiger partial charge in [0.1, 0.15) is 0 Å². The predicted octanol–water partition coefficient (Wildman–Crippen LogP) is 3.60. The van der Waals surface area contributed by atoms with Crippen LogP contribution in [0.2, 0.25) is 0 Å². The maximum absolute atomic E-state index is 12.0. The fourth-order valence-electron chi connectivity index (χ4n) is 1.38. The molecule has 19 heavy (non-hydrogen) atoms. The van der Waals surface area contributed by atoms with Gasteiger partial charge in [0, 0.05) is 11.3 Å². The Hall–Kier alpha value is -1.40. The van der Waals surface area contributed by atoms with Crippen LogP contribution in [-0.2, 0) is 0 Å². The third-order valence-corrected chi connectivity index (χ3v) is 4.55. The fourth-order valence-corrected chi connectivity index (χ4v) is 3.05. The highest BCUT2D eigenvalue weighted by molar-refractivity contribution is 8.01. The predicted molar refractivity (Wildman–Crippen MR) is 80.1 cm³/mol. The van der Waals surface area contributed by atoms with E-state index in [-0.39, 0.29) is 5.91 Å². The van der Waals surface area contributed by atoms with Gasteiger partial charge in [0.25, 0.3) is 5.91 Å². The van der Waals surface area contributed by atoms with E-state index < -0.39 is 0 Å². The Labute approximate surface area is 120 Å². The van der Waals surface area contributed by atoms with E-state index in [4.69, 9.17) is 0 Å². The first-order valence-electron chi connectivity index (χ1n) is 6.03. The van der Waals surface area contributed by atoms with Crippen LogP contribution in [0.25, 0.3) is 0 Å². The highest BCUT2D eigenvalue weighted by atomic mass is 32.2. The summed E-state index contributed by atoms with van der Waals surface area (Å²) in [6.45, 7) is 4.11. The molecule has 0 radical (unpaired) electrons. The first-order chi connectivity index (χ1) is 9.19. The molecule has 0 atom stereocenters. The second-order valence-electron chi connectivity index (χ2n) is 4.04. The Bertz CT molecular complexity index is 551. The number of rotatable bonds is 5. The van der Waals surface area contributed by atoms with Crippen molar-refractivity contribution in [1.29, 1.82) is 0 Å². The minimum Gasteiger partial charge on any atom is -0.296 e. The van der Waals surface area contributed by atoms with Crippen LogP contribution in [0.3, 0.4) is 0 Å². The van der Waals surface area contributed by atoms with Gasteiger partial charge < -0.3 is 0 Å². The molecule has 0 unspecified atom stereocenters. The summed E-state index contributed by atoms with van der Waals surface area (Å²) in [5.41, 5.74) is 1.76. The minimum atomic E-state index is -0.150. The van der Waals surface area contributed by atoms with E-state index in [1.54, 1.807) is 23.9 Å². The van der Waals surface area contributed by atoms with Crippen molar-refractivity contribution in [3.05, 3.63) is 35.4 Å². The van der Waals surface area contributed by atoms with E-state index in [0.29, 0.717) is 10.7 Å². The molecule has 0 fully saturated rings. The highest BCUT2D eigenvalue weighted by Gasteiger charge is 2.10. The molecule has 1 heterocycles. The zero-order valence-corrected chi connectivity index (χ0v) is 12.5. The molecule has 2 rings (SSSR count). The lowest BCUT2D eigenvalue weighted by Crippen LogP contribution is -2.11. The summed E-state index contributed by atoms with van der Waals surface area (Å²) in [4.78, 5) is 12.0. The number of hydrogen-bond donors (Lipinski definition) is 1. The molecule has 4 nitrogen and oxygen atoms in total. The Morgan fingerprint density at radius 3 is 2.74 bits per heavy atom. The van der Waals surface area contributed by atoms with Crippen LogP contribution < -0.4 is 5.32 Å². The normalized spacial score (nSPS) is 10.4. The van der Waals surface area contributed by atoms with E-state index in [0.717, 1.165) is 22.1 Å². The molecule has 1 N–H and O–H groups in total. The fraction of sp³-hybridized carbons (Fsp3) is 0.308. The van der Waals surface area contributed by atoms with Crippen LogP contribution in [0.1, 0.15) is 29.3 Å². The molecule has 1 aromatic heterocycles. The van der Waals surface area contributed by atoms with Crippen molar-refractivity contribution in [3.63, 3.8) is 0 Å². The minimum absolute atomic E-state index is 0.150. The van der Waals surface area contributed by atoms with Crippen LogP contribution in [0.4, 0.5) is 5.13 Å². The number of aromatic nitrogens is 2. The molecule has 1 amide bonds. The van der Waals surface area contributed by atoms with Crippen molar-refractivity contribution in [2.75, 3.05) is 11.1 Å². The molecule has 100 valence electrons. The van der Waals surface area contributed by atoms with E-state index in [9.17, 15) is 4.79 Å². The molecular formula is C13H15N3OS2. The largest absolute Gasteiger partial charge is 0.296 e. The van der Waals surface area contributed by atoms with Crippen molar-refractivity contribution in [1.82, 2.24) is 10.2 Å². The quantitative estimate of drug-likeness (QED) is 0.676. The van der Waals surface area contributed by atoms with Gasteiger partial charge in [0.15, 0.2) is 4.34 Å². The molecule has 0 aliphatic heterocycles. The van der Waals surface area contributed by atoms with Crippen molar-refractivity contribution in [2.24, 2.45) is 0 Å². The molecule has 0 saturated carbocycles. The number of thioether (sulfide) groups is 1. The van der Waals surface area contributed by atoms with Gasteiger partial charge in [-0.05, 0) is 25.5 Å². The van der Waals surface area contributed by atoms with E-state index >= 15 is 0 Å². The standard InChI is InChI=1S/C13H15N3OS2/c1-3-8-18-13-16-15-12(19-13)14-11(17)10-6-4-9(2)5-7-10/h4-7H,3,8H2,1-2H3,(H,14,15,17). The Kier molecular flexibility index (Phi) is 4.93. The summed E-state index contributed by atoms with van der Waals surface area (Å²) >= 11 is 3.07. The molecule has 0 saturated heterocycles. The number of anilines is 1. The summed E-state index contributed by atoms with van der Waals surface area (Å²) in [6.07, 6.45) is 1.09. The van der Waals surface area contributed by atoms with Crippen LogP contribution in [0, 0.1) is 6.92 Å². The number of amides is 1. The Balaban J connectivity index is 1.98. The van der Waals surface area contributed by atoms with Crippen molar-refractivity contribution < 1.29 is 4.79 Å². The van der Waals surface area contributed by atoms with Crippen molar-refractivity contribution in [2.45, 2.75) is 24.6 Å². The summed E-state index contributed by atoms with van der Waals surface area (Å²) in [6, 6.07) is 7.44. The average molecular weight is 293 g/mol. The zero-order valence-electron chi connectivity index (χ0n) is 10.8. The number of aryl methyl sites for hydroxylation is 1. The molecular weight excluding hydrogens is 278 g/mol. The molecule has 0 aliphatic carbocycles. The first-order valence-corrected chi connectivity index (χ1v) is 7.83. The maximum Gasteiger partial charge on any atom is 0.257 e. The third kappa shape index (κ3) is 4.04. The Morgan fingerprint density at radius 2 is 2.05 bits per heavy atom. The van der Waals surface area contributed by atoms with Crippen molar-refractivity contribution >= 4 is 34.1 Å². The number of hydrogen-bond acceptors (Lipinski definition) is 5. The molecule has 0 aliphatic rings. The van der Waals surface area contributed by atoms with E-state index in [2.05, 4.69) is 22.4 Å². The van der Waals surface area contributed by atoms with E-state index in [1.807, 2.05) is 19.1 Å². The van der Waals surface area contributed by atoms with Crippen LogP contribution >= 0.6 is 23.1 Å².